The Kier molecular flexibility index (Phi) is 8.12. The van der Waals surface area contributed by atoms with Gasteiger partial charge in [0.05, 0.1) is 5.69 Å². The minimum absolute atomic E-state index is 0.558. The predicted molar refractivity (Wildman–Crippen MR) is 106 cm³/mol. The van der Waals surface area contributed by atoms with E-state index in [4.69, 9.17) is 10.2 Å². The number of aliphatic carboxylic acids is 2. The summed E-state index contributed by atoms with van der Waals surface area (Å²) in [6, 6.07) is 0.696. The molecule has 27 heavy (non-hydrogen) atoms. The van der Waals surface area contributed by atoms with E-state index in [1.165, 1.54) is 30.0 Å². The zero-order chi connectivity index (χ0) is 19.8. The molecule has 1 aromatic heterocycles. The highest BCUT2D eigenvalue weighted by Crippen LogP contribution is 2.37. The molecule has 3 atom stereocenters. The molecule has 0 bridgehead atoms. The number of carboxylic acids is 2. The lowest BCUT2D eigenvalue weighted by molar-refractivity contribution is -0.134. The van der Waals surface area contributed by atoms with Gasteiger partial charge in [0.15, 0.2) is 0 Å². The third-order valence-electron chi connectivity index (χ3n) is 4.97. The first kappa shape index (κ1) is 21.2. The predicted octanol–water partition coefficient (Wildman–Crippen LogP) is 2.08. The van der Waals surface area contributed by atoms with E-state index >= 15 is 0 Å². The molecular weight excluding hydrogens is 366 g/mol. The van der Waals surface area contributed by atoms with Crippen molar-refractivity contribution in [1.29, 1.82) is 0 Å². The van der Waals surface area contributed by atoms with Crippen LogP contribution in [0.25, 0.3) is 0 Å². The summed E-state index contributed by atoms with van der Waals surface area (Å²) in [5.74, 6) is 0.378. The van der Waals surface area contributed by atoms with Gasteiger partial charge in [-0.15, -0.1) is 6.58 Å². The normalized spacial score (nSPS) is 24.4. The third kappa shape index (κ3) is 6.25. The molecule has 2 aliphatic rings. The van der Waals surface area contributed by atoms with Gasteiger partial charge in [-0.05, 0) is 48.7 Å². The molecule has 0 spiro atoms. The number of aromatic nitrogens is 2. The molecule has 1 aliphatic heterocycles. The third-order valence-corrected chi connectivity index (χ3v) is 5.77. The molecule has 0 saturated carbocycles. The highest BCUT2D eigenvalue weighted by Gasteiger charge is 2.39. The lowest BCUT2D eigenvalue weighted by Crippen LogP contribution is -2.52. The van der Waals surface area contributed by atoms with Crippen LogP contribution >= 0.6 is 11.8 Å². The van der Waals surface area contributed by atoms with Crippen LogP contribution in [0.2, 0.25) is 0 Å². The summed E-state index contributed by atoms with van der Waals surface area (Å²) in [5.41, 5.74) is 2.74. The van der Waals surface area contributed by atoms with Gasteiger partial charge in [0.1, 0.15) is 0 Å². The average molecular weight is 394 g/mol. The Morgan fingerprint density at radius 3 is 2.67 bits per heavy atom. The summed E-state index contributed by atoms with van der Waals surface area (Å²) < 4.78 is 0. The van der Waals surface area contributed by atoms with Crippen LogP contribution in [0.4, 0.5) is 0 Å². The zero-order valence-electron chi connectivity index (χ0n) is 15.5. The van der Waals surface area contributed by atoms with Crippen molar-refractivity contribution in [3.63, 3.8) is 0 Å². The summed E-state index contributed by atoms with van der Waals surface area (Å²) in [7, 11) is 0. The minimum Gasteiger partial charge on any atom is -0.478 e. The van der Waals surface area contributed by atoms with Gasteiger partial charge in [-0.1, -0.05) is 6.08 Å². The highest BCUT2D eigenvalue weighted by molar-refractivity contribution is 7.98. The number of nitrogens with zero attached hydrogens (tertiary/aromatic N) is 2. The van der Waals surface area contributed by atoms with Crippen molar-refractivity contribution in [3.05, 3.63) is 42.3 Å². The number of hydrogen-bond acceptors (Lipinski definition) is 5. The summed E-state index contributed by atoms with van der Waals surface area (Å²) in [5, 5.41) is 23.1. The van der Waals surface area contributed by atoms with Gasteiger partial charge in [-0.2, -0.15) is 16.9 Å². The molecule has 7 nitrogen and oxygen atoms in total. The molecule has 0 aromatic carbocycles. The van der Waals surface area contributed by atoms with Crippen molar-refractivity contribution in [3.8, 4) is 0 Å². The first-order valence-electron chi connectivity index (χ1n) is 8.93. The van der Waals surface area contributed by atoms with Crippen LogP contribution in [0.3, 0.4) is 0 Å². The molecule has 148 valence electrons. The maximum absolute atomic E-state index is 9.55. The molecule has 0 amide bonds. The van der Waals surface area contributed by atoms with Gasteiger partial charge >= 0.3 is 11.9 Å². The van der Waals surface area contributed by atoms with Crippen LogP contribution < -0.4 is 0 Å². The second kappa shape index (κ2) is 10.3. The fourth-order valence-corrected chi connectivity index (χ4v) is 4.70. The van der Waals surface area contributed by atoms with Crippen molar-refractivity contribution >= 4 is 23.7 Å². The number of nitrogens with one attached hydrogen (secondary N) is 1. The SMILES string of the molecule is C=CCN1C[C@H](CSC)C[C@@H]2Cc3n[nH]cc3CC21.O=C(O)/C=C\C(=O)O. The van der Waals surface area contributed by atoms with E-state index in [1.54, 1.807) is 0 Å². The van der Waals surface area contributed by atoms with Crippen LogP contribution in [0.1, 0.15) is 17.7 Å². The maximum Gasteiger partial charge on any atom is 0.328 e. The lowest BCUT2D eigenvalue weighted by Gasteiger charge is -2.46. The largest absolute Gasteiger partial charge is 0.478 e. The van der Waals surface area contributed by atoms with Crippen LogP contribution in [0.15, 0.2) is 31.0 Å². The number of H-pyrrole nitrogens is 1. The van der Waals surface area contributed by atoms with Crippen molar-refractivity contribution < 1.29 is 19.8 Å². The molecule has 8 heteroatoms. The van der Waals surface area contributed by atoms with E-state index in [-0.39, 0.29) is 0 Å². The Balaban J connectivity index is 0.000000279. The Morgan fingerprint density at radius 2 is 2.07 bits per heavy atom. The summed E-state index contributed by atoms with van der Waals surface area (Å²) in [6.07, 6.45) is 11.2. The van der Waals surface area contributed by atoms with Crippen molar-refractivity contribution in [1.82, 2.24) is 15.1 Å². The fraction of sp³-hybridized carbons (Fsp3) is 0.526. The lowest BCUT2D eigenvalue weighted by atomic mass is 9.75. The second-order valence-electron chi connectivity index (χ2n) is 6.90. The van der Waals surface area contributed by atoms with Gasteiger partial charge in [-0.25, -0.2) is 9.59 Å². The van der Waals surface area contributed by atoms with Crippen molar-refractivity contribution in [2.75, 3.05) is 25.1 Å². The number of likely N-dealkylation sites (tertiary alicyclic amines) is 1. The topological polar surface area (TPSA) is 107 Å². The summed E-state index contributed by atoms with van der Waals surface area (Å²) in [4.78, 5) is 21.8. The molecule has 1 fully saturated rings. The Labute approximate surface area is 163 Å². The number of rotatable bonds is 6. The quantitative estimate of drug-likeness (QED) is 0.502. The van der Waals surface area contributed by atoms with E-state index in [0.717, 1.165) is 31.2 Å². The molecule has 1 aromatic rings. The first-order valence-corrected chi connectivity index (χ1v) is 10.3. The van der Waals surface area contributed by atoms with Gasteiger partial charge in [0.25, 0.3) is 0 Å². The van der Waals surface area contributed by atoms with E-state index in [1.807, 2.05) is 11.8 Å². The molecule has 1 aliphatic carbocycles. The Hall–Kier alpha value is -2.06. The van der Waals surface area contributed by atoms with Gasteiger partial charge in [0.2, 0.25) is 0 Å². The van der Waals surface area contributed by atoms with E-state index in [2.05, 4.69) is 40.2 Å². The van der Waals surface area contributed by atoms with E-state index in [0.29, 0.717) is 18.2 Å². The molecular formula is C19H27N3O4S. The fourth-order valence-electron chi connectivity index (χ4n) is 3.99. The number of aromatic amines is 1. The van der Waals surface area contributed by atoms with Crippen LogP contribution in [-0.4, -0.2) is 68.4 Å². The first-order chi connectivity index (χ1) is 12.9. The molecule has 0 radical (unpaired) electrons. The van der Waals surface area contributed by atoms with E-state index in [9.17, 15) is 9.59 Å². The standard InChI is InChI=1S/C15H23N3S.C4H4O4/c1-3-4-18-9-11(10-19-2)5-12-6-14-13(7-15(12)18)8-16-17-14;5-3(6)1-2-4(7)8/h3,8,11-12,15H,1,4-7,9-10H2,2H3,(H,16,17);1-2H,(H,5,6)(H,7,8)/b;2-1-/t11-,12-,15?;/m1./s1. The van der Waals surface area contributed by atoms with Gasteiger partial charge < -0.3 is 10.2 Å². The number of carbonyl (C=O) groups is 2. The van der Waals surface area contributed by atoms with Crippen molar-refractivity contribution in [2.24, 2.45) is 11.8 Å². The number of thioether (sulfide) groups is 1. The zero-order valence-corrected chi connectivity index (χ0v) is 16.3. The Morgan fingerprint density at radius 1 is 1.37 bits per heavy atom. The maximum atomic E-state index is 9.55. The molecule has 1 unspecified atom stereocenters. The highest BCUT2D eigenvalue weighted by atomic mass is 32.2. The second-order valence-corrected chi connectivity index (χ2v) is 7.81. The molecule has 3 N–H and O–H groups in total. The monoisotopic (exact) mass is 393 g/mol. The van der Waals surface area contributed by atoms with Gasteiger partial charge in [0, 0.05) is 37.5 Å². The number of hydrogen-bond donors (Lipinski definition) is 3. The number of fused-ring (bicyclic) bond motifs is 2. The van der Waals surface area contributed by atoms with Gasteiger partial charge in [-0.3, -0.25) is 10.00 Å². The van der Waals surface area contributed by atoms with Crippen LogP contribution in [0, 0.1) is 11.8 Å². The Bertz CT molecular complexity index is 672. The average Bonchev–Trinajstić information content (AvgIpc) is 3.07. The number of carboxylic acid groups (broad SMARTS) is 2. The molecule has 1 saturated heterocycles. The summed E-state index contributed by atoms with van der Waals surface area (Å²) in [6.45, 7) is 6.20. The summed E-state index contributed by atoms with van der Waals surface area (Å²) >= 11 is 1.98. The number of piperidine rings is 1. The minimum atomic E-state index is -1.26. The van der Waals surface area contributed by atoms with Crippen LogP contribution in [0.5, 0.6) is 0 Å². The van der Waals surface area contributed by atoms with Crippen LogP contribution in [-0.2, 0) is 22.4 Å². The van der Waals surface area contributed by atoms with E-state index < -0.39 is 11.9 Å². The van der Waals surface area contributed by atoms with Crippen molar-refractivity contribution in [2.45, 2.75) is 25.3 Å². The smallest absolute Gasteiger partial charge is 0.328 e. The molecule has 3 rings (SSSR count). The molecule has 2 heterocycles.